The van der Waals surface area contributed by atoms with E-state index in [1.165, 1.54) is 0 Å². The second-order valence-electron chi connectivity index (χ2n) is 3.78. The van der Waals surface area contributed by atoms with Crippen LogP contribution in [0.3, 0.4) is 0 Å². The molecule has 3 rings (SSSR count). The van der Waals surface area contributed by atoms with Crippen LogP contribution in [0.15, 0.2) is 41.4 Å². The molecule has 0 aromatic heterocycles. The minimum absolute atomic E-state index is 0.287. The van der Waals surface area contributed by atoms with Crippen molar-refractivity contribution in [2.75, 3.05) is 13.2 Å². The molecule has 0 radical (unpaired) electrons. The Labute approximate surface area is 93.0 Å². The van der Waals surface area contributed by atoms with Gasteiger partial charge in [-0.25, -0.2) is 4.99 Å². The Bertz CT molecular complexity index is 575. The summed E-state index contributed by atoms with van der Waals surface area (Å²) in [5, 5.41) is 11.5. The van der Waals surface area contributed by atoms with Gasteiger partial charge in [-0.3, -0.25) is 0 Å². The van der Waals surface area contributed by atoms with Crippen molar-refractivity contribution in [3.63, 3.8) is 0 Å². The number of aliphatic imine (C=N–C) groups is 1. The Hall–Kier alpha value is -2.03. The van der Waals surface area contributed by atoms with Crippen molar-refractivity contribution in [3.05, 3.63) is 42.0 Å². The molecule has 1 heterocycles. The molecule has 2 aromatic rings. The fourth-order valence-electron chi connectivity index (χ4n) is 1.88. The second-order valence-corrected chi connectivity index (χ2v) is 3.78. The van der Waals surface area contributed by atoms with Gasteiger partial charge in [-0.2, -0.15) is 0 Å². The maximum absolute atomic E-state index is 9.36. The highest BCUT2D eigenvalue weighted by Crippen LogP contribution is 2.22. The number of hydrogen-bond donors (Lipinski definition) is 1. The molecule has 1 N–H and O–H groups in total. The van der Waals surface area contributed by atoms with Crippen molar-refractivity contribution in [3.8, 4) is 5.75 Å². The molecule has 0 fully saturated rings. The van der Waals surface area contributed by atoms with Gasteiger partial charge in [0.15, 0.2) is 0 Å². The zero-order valence-corrected chi connectivity index (χ0v) is 8.68. The van der Waals surface area contributed by atoms with E-state index < -0.39 is 0 Å². The van der Waals surface area contributed by atoms with Gasteiger partial charge in [0.25, 0.3) is 0 Å². The molecule has 80 valence electrons. The second kappa shape index (κ2) is 3.52. The van der Waals surface area contributed by atoms with Gasteiger partial charge >= 0.3 is 0 Å². The Morgan fingerprint density at radius 1 is 1.06 bits per heavy atom. The summed E-state index contributed by atoms with van der Waals surface area (Å²) in [5.41, 5.74) is 0.996. The van der Waals surface area contributed by atoms with Gasteiger partial charge in [0, 0.05) is 5.56 Å². The van der Waals surface area contributed by atoms with Crippen molar-refractivity contribution in [2.45, 2.75) is 0 Å². The van der Waals surface area contributed by atoms with Crippen molar-refractivity contribution >= 4 is 16.7 Å². The van der Waals surface area contributed by atoms with Crippen LogP contribution in [0.4, 0.5) is 0 Å². The average Bonchev–Trinajstić information content (AvgIpc) is 2.82. The summed E-state index contributed by atoms with van der Waals surface area (Å²) < 4.78 is 5.41. The number of rotatable bonds is 1. The highest BCUT2D eigenvalue weighted by molar-refractivity contribution is 5.99. The molecule has 0 unspecified atom stereocenters. The fourth-order valence-corrected chi connectivity index (χ4v) is 1.88. The zero-order valence-electron chi connectivity index (χ0n) is 8.68. The van der Waals surface area contributed by atoms with Crippen LogP contribution in [0.1, 0.15) is 5.56 Å². The molecule has 0 saturated heterocycles. The van der Waals surface area contributed by atoms with Gasteiger partial charge in [0.2, 0.25) is 5.90 Å². The summed E-state index contributed by atoms with van der Waals surface area (Å²) in [6.07, 6.45) is 0. The summed E-state index contributed by atoms with van der Waals surface area (Å²) in [6, 6.07) is 11.3. The van der Waals surface area contributed by atoms with Crippen LogP contribution in [0, 0.1) is 0 Å². The molecule has 0 saturated carbocycles. The minimum Gasteiger partial charge on any atom is -0.508 e. The van der Waals surface area contributed by atoms with E-state index >= 15 is 0 Å². The molecule has 1 aliphatic rings. The van der Waals surface area contributed by atoms with E-state index in [0.717, 1.165) is 28.8 Å². The Balaban J connectivity index is 2.12. The number of aromatic hydroxyl groups is 1. The first-order valence-electron chi connectivity index (χ1n) is 5.23. The van der Waals surface area contributed by atoms with Gasteiger partial charge in [0.05, 0.1) is 6.54 Å². The van der Waals surface area contributed by atoms with Gasteiger partial charge in [-0.1, -0.05) is 12.1 Å². The Morgan fingerprint density at radius 3 is 2.69 bits per heavy atom. The van der Waals surface area contributed by atoms with Crippen molar-refractivity contribution in [1.29, 1.82) is 0 Å². The molecule has 16 heavy (non-hydrogen) atoms. The van der Waals surface area contributed by atoms with E-state index in [2.05, 4.69) is 4.99 Å². The molecule has 0 aliphatic carbocycles. The lowest BCUT2D eigenvalue weighted by Crippen LogP contribution is -2.00. The van der Waals surface area contributed by atoms with Crippen molar-refractivity contribution in [1.82, 2.24) is 0 Å². The first-order valence-corrected chi connectivity index (χ1v) is 5.23. The van der Waals surface area contributed by atoms with Crippen LogP contribution in [-0.2, 0) is 4.74 Å². The van der Waals surface area contributed by atoms with E-state index in [1.54, 1.807) is 12.1 Å². The van der Waals surface area contributed by atoms with Crippen LogP contribution in [-0.4, -0.2) is 24.2 Å². The lowest BCUT2D eigenvalue weighted by Gasteiger charge is -2.04. The highest BCUT2D eigenvalue weighted by Gasteiger charge is 2.10. The molecule has 0 amide bonds. The summed E-state index contributed by atoms with van der Waals surface area (Å²) in [5.74, 6) is 1.00. The molecule has 1 aliphatic heterocycles. The molecular formula is C13H11NO2. The molecule has 3 heteroatoms. The molecule has 0 atom stereocenters. The monoisotopic (exact) mass is 213 g/mol. The van der Waals surface area contributed by atoms with Crippen molar-refractivity contribution in [2.24, 2.45) is 4.99 Å². The maximum atomic E-state index is 9.36. The van der Waals surface area contributed by atoms with E-state index in [9.17, 15) is 5.11 Å². The molecule has 0 bridgehead atoms. The Morgan fingerprint density at radius 2 is 1.88 bits per heavy atom. The Kier molecular flexibility index (Phi) is 2.03. The summed E-state index contributed by atoms with van der Waals surface area (Å²) >= 11 is 0. The first-order chi connectivity index (χ1) is 7.83. The standard InChI is InChI=1S/C13H11NO2/c15-12-4-3-9-7-11(2-1-10(9)8-12)13-14-5-6-16-13/h1-4,7-8,15H,5-6H2. The number of phenolic OH excluding ortho intramolecular Hbond substituents is 1. The van der Waals surface area contributed by atoms with E-state index in [-0.39, 0.29) is 5.75 Å². The molecule has 0 spiro atoms. The lowest BCUT2D eigenvalue weighted by atomic mass is 10.1. The quantitative estimate of drug-likeness (QED) is 0.789. The average molecular weight is 213 g/mol. The van der Waals surface area contributed by atoms with Gasteiger partial charge in [-0.15, -0.1) is 0 Å². The SMILES string of the molecule is Oc1ccc2cc(C3=NCCO3)ccc2c1. The van der Waals surface area contributed by atoms with E-state index in [0.29, 0.717) is 6.61 Å². The smallest absolute Gasteiger partial charge is 0.216 e. The van der Waals surface area contributed by atoms with Gasteiger partial charge in [-0.05, 0) is 35.0 Å². The predicted octanol–water partition coefficient (Wildman–Crippen LogP) is 2.32. The maximum Gasteiger partial charge on any atom is 0.216 e. The third kappa shape index (κ3) is 1.50. The van der Waals surface area contributed by atoms with E-state index in [4.69, 9.17) is 4.74 Å². The van der Waals surface area contributed by atoms with Crippen LogP contribution in [0.2, 0.25) is 0 Å². The zero-order chi connectivity index (χ0) is 11.0. The molecule has 2 aromatic carbocycles. The number of hydrogen-bond acceptors (Lipinski definition) is 3. The van der Waals surface area contributed by atoms with Crippen molar-refractivity contribution < 1.29 is 9.84 Å². The minimum atomic E-state index is 0.287. The number of phenols is 1. The third-order valence-corrected chi connectivity index (χ3v) is 2.66. The number of fused-ring (bicyclic) bond motifs is 1. The number of nitrogens with zero attached hydrogens (tertiary/aromatic N) is 1. The first kappa shape index (κ1) is 9.21. The van der Waals surface area contributed by atoms with Gasteiger partial charge in [0.1, 0.15) is 12.4 Å². The molecule has 3 nitrogen and oxygen atoms in total. The van der Waals surface area contributed by atoms with Crippen LogP contribution < -0.4 is 0 Å². The third-order valence-electron chi connectivity index (χ3n) is 2.66. The normalized spacial score (nSPS) is 14.9. The summed E-state index contributed by atoms with van der Waals surface area (Å²) in [6.45, 7) is 1.41. The largest absolute Gasteiger partial charge is 0.508 e. The number of benzene rings is 2. The van der Waals surface area contributed by atoms with Crippen LogP contribution >= 0.6 is 0 Å². The van der Waals surface area contributed by atoms with Crippen LogP contribution in [0.5, 0.6) is 5.75 Å². The number of ether oxygens (including phenoxy) is 1. The topological polar surface area (TPSA) is 41.8 Å². The summed E-state index contributed by atoms with van der Waals surface area (Å²) in [7, 11) is 0. The van der Waals surface area contributed by atoms with E-state index in [1.807, 2.05) is 24.3 Å². The van der Waals surface area contributed by atoms with Gasteiger partial charge < -0.3 is 9.84 Å². The molecular weight excluding hydrogens is 202 g/mol. The summed E-state index contributed by atoms with van der Waals surface area (Å²) in [4.78, 5) is 4.28. The fraction of sp³-hybridized carbons (Fsp3) is 0.154. The highest BCUT2D eigenvalue weighted by atomic mass is 16.5. The predicted molar refractivity (Wildman–Crippen MR) is 63.0 cm³/mol. The van der Waals surface area contributed by atoms with Crippen LogP contribution in [0.25, 0.3) is 10.8 Å². The lowest BCUT2D eigenvalue weighted by molar-refractivity contribution is 0.348.